The van der Waals surface area contributed by atoms with Crippen LogP contribution in [0.4, 0.5) is 11.8 Å². The van der Waals surface area contributed by atoms with Gasteiger partial charge in [-0.2, -0.15) is 4.98 Å². The molecule has 22 heavy (non-hydrogen) atoms. The molecule has 122 valence electrons. The van der Waals surface area contributed by atoms with E-state index in [9.17, 15) is 0 Å². The maximum Gasteiger partial charge on any atom is 0.227 e. The molecule has 0 aliphatic carbocycles. The van der Waals surface area contributed by atoms with Gasteiger partial charge in [0.1, 0.15) is 5.82 Å². The van der Waals surface area contributed by atoms with Crippen LogP contribution in [0, 0.1) is 0 Å². The van der Waals surface area contributed by atoms with Crippen molar-refractivity contribution >= 4 is 11.8 Å². The Morgan fingerprint density at radius 2 is 2.32 bits per heavy atom. The van der Waals surface area contributed by atoms with Gasteiger partial charge in [-0.05, 0) is 32.3 Å². The van der Waals surface area contributed by atoms with Crippen molar-refractivity contribution in [2.75, 3.05) is 36.5 Å². The van der Waals surface area contributed by atoms with Crippen LogP contribution in [0.1, 0.15) is 33.1 Å². The summed E-state index contributed by atoms with van der Waals surface area (Å²) < 4.78 is 11.4. The molecule has 2 aliphatic rings. The summed E-state index contributed by atoms with van der Waals surface area (Å²) in [7, 11) is 0. The van der Waals surface area contributed by atoms with Crippen molar-refractivity contribution in [2.24, 2.45) is 0 Å². The fourth-order valence-corrected chi connectivity index (χ4v) is 3.08. The van der Waals surface area contributed by atoms with Gasteiger partial charge in [-0.1, -0.05) is 6.92 Å². The monoisotopic (exact) mass is 306 g/mol. The largest absolute Gasteiger partial charge is 0.379 e. The second-order valence-electron chi connectivity index (χ2n) is 6.18. The Labute approximate surface area is 132 Å². The summed E-state index contributed by atoms with van der Waals surface area (Å²) in [4.78, 5) is 11.4. The Balaban J connectivity index is 1.67. The minimum Gasteiger partial charge on any atom is -0.379 e. The molecule has 2 fully saturated rings. The lowest BCUT2D eigenvalue weighted by atomic mass is 10.1. The molecular formula is C16H26N4O2. The van der Waals surface area contributed by atoms with Gasteiger partial charge in [-0.25, -0.2) is 4.98 Å². The van der Waals surface area contributed by atoms with E-state index in [1.807, 2.05) is 12.3 Å². The van der Waals surface area contributed by atoms with E-state index in [1.54, 1.807) is 0 Å². The number of nitrogens with zero attached hydrogens (tertiary/aromatic N) is 3. The third-order valence-corrected chi connectivity index (χ3v) is 4.22. The number of anilines is 2. The fraction of sp³-hybridized carbons (Fsp3) is 0.750. The zero-order chi connectivity index (χ0) is 15.4. The molecule has 0 spiro atoms. The number of hydrogen-bond acceptors (Lipinski definition) is 6. The highest BCUT2D eigenvalue weighted by molar-refractivity contribution is 5.42. The van der Waals surface area contributed by atoms with Gasteiger partial charge in [0.05, 0.1) is 24.9 Å². The molecule has 2 saturated heterocycles. The van der Waals surface area contributed by atoms with Crippen LogP contribution in [0.5, 0.6) is 0 Å². The zero-order valence-electron chi connectivity index (χ0n) is 13.5. The van der Waals surface area contributed by atoms with Gasteiger partial charge in [-0.3, -0.25) is 0 Å². The quantitative estimate of drug-likeness (QED) is 0.919. The van der Waals surface area contributed by atoms with E-state index in [4.69, 9.17) is 9.47 Å². The van der Waals surface area contributed by atoms with E-state index in [0.717, 1.165) is 57.3 Å². The molecule has 1 aromatic heterocycles. The van der Waals surface area contributed by atoms with Gasteiger partial charge in [0, 0.05) is 25.9 Å². The Kier molecular flexibility index (Phi) is 5.10. The molecule has 3 rings (SSSR count). The lowest BCUT2D eigenvalue weighted by Crippen LogP contribution is -2.47. The molecule has 0 bridgehead atoms. The summed E-state index contributed by atoms with van der Waals surface area (Å²) in [5.41, 5.74) is 0. The summed E-state index contributed by atoms with van der Waals surface area (Å²) in [5.74, 6) is 1.67. The molecule has 3 heterocycles. The predicted octanol–water partition coefficient (Wildman–Crippen LogP) is 2.07. The van der Waals surface area contributed by atoms with E-state index in [2.05, 4.69) is 34.0 Å². The molecule has 2 aliphatic heterocycles. The minimum atomic E-state index is 0.214. The first kappa shape index (κ1) is 15.5. The van der Waals surface area contributed by atoms with Crippen LogP contribution in [-0.2, 0) is 9.47 Å². The number of aromatic nitrogens is 2. The Morgan fingerprint density at radius 3 is 3.09 bits per heavy atom. The fourth-order valence-electron chi connectivity index (χ4n) is 3.08. The van der Waals surface area contributed by atoms with Gasteiger partial charge < -0.3 is 19.7 Å². The summed E-state index contributed by atoms with van der Waals surface area (Å²) in [6.07, 6.45) is 5.55. The smallest absolute Gasteiger partial charge is 0.227 e. The third kappa shape index (κ3) is 3.87. The SMILES string of the molecule is CC[C@@H]1CN(c2nccc(N[C@@H]3CCCOC3)n2)C[C@H](C)O1. The van der Waals surface area contributed by atoms with Gasteiger partial charge >= 0.3 is 0 Å². The highest BCUT2D eigenvalue weighted by Crippen LogP contribution is 2.20. The third-order valence-electron chi connectivity index (χ3n) is 4.22. The number of nitrogens with one attached hydrogen (secondary N) is 1. The molecule has 6 heteroatoms. The van der Waals surface area contributed by atoms with Crippen LogP contribution < -0.4 is 10.2 Å². The van der Waals surface area contributed by atoms with Crippen molar-refractivity contribution in [2.45, 2.75) is 51.4 Å². The molecule has 3 atom stereocenters. The number of hydrogen-bond donors (Lipinski definition) is 1. The maximum atomic E-state index is 5.91. The Bertz CT molecular complexity index is 479. The maximum absolute atomic E-state index is 5.91. The van der Waals surface area contributed by atoms with E-state index in [-0.39, 0.29) is 12.2 Å². The molecule has 0 unspecified atom stereocenters. The van der Waals surface area contributed by atoms with E-state index >= 15 is 0 Å². The minimum absolute atomic E-state index is 0.214. The molecule has 0 aromatic carbocycles. The summed E-state index contributed by atoms with van der Waals surface area (Å²) in [6, 6.07) is 2.28. The molecular weight excluding hydrogens is 280 g/mol. The van der Waals surface area contributed by atoms with E-state index < -0.39 is 0 Å². The highest BCUT2D eigenvalue weighted by atomic mass is 16.5. The first-order valence-corrected chi connectivity index (χ1v) is 8.32. The lowest BCUT2D eigenvalue weighted by molar-refractivity contribution is -0.0177. The van der Waals surface area contributed by atoms with Crippen molar-refractivity contribution < 1.29 is 9.47 Å². The summed E-state index contributed by atoms with van der Waals surface area (Å²) in [6.45, 7) is 7.59. The molecule has 6 nitrogen and oxygen atoms in total. The summed E-state index contributed by atoms with van der Waals surface area (Å²) >= 11 is 0. The van der Waals surface area contributed by atoms with Gasteiger partial charge in [-0.15, -0.1) is 0 Å². The molecule has 0 saturated carbocycles. The van der Waals surface area contributed by atoms with Gasteiger partial charge in [0.2, 0.25) is 5.95 Å². The van der Waals surface area contributed by atoms with Crippen LogP contribution in [-0.4, -0.2) is 54.5 Å². The number of ether oxygens (including phenoxy) is 2. The van der Waals surface area contributed by atoms with Gasteiger partial charge in [0.25, 0.3) is 0 Å². The molecule has 1 aromatic rings. The average molecular weight is 306 g/mol. The Morgan fingerprint density at radius 1 is 1.41 bits per heavy atom. The first-order valence-electron chi connectivity index (χ1n) is 8.32. The van der Waals surface area contributed by atoms with Crippen molar-refractivity contribution in [3.05, 3.63) is 12.3 Å². The number of morpholine rings is 1. The van der Waals surface area contributed by atoms with Crippen LogP contribution in [0.2, 0.25) is 0 Å². The van der Waals surface area contributed by atoms with E-state index in [0.29, 0.717) is 6.04 Å². The lowest BCUT2D eigenvalue weighted by Gasteiger charge is -2.36. The van der Waals surface area contributed by atoms with Crippen molar-refractivity contribution in [1.82, 2.24) is 9.97 Å². The van der Waals surface area contributed by atoms with Crippen LogP contribution in [0.25, 0.3) is 0 Å². The normalized spacial score (nSPS) is 29.4. The van der Waals surface area contributed by atoms with Crippen molar-refractivity contribution in [1.29, 1.82) is 0 Å². The predicted molar refractivity (Wildman–Crippen MR) is 86.3 cm³/mol. The van der Waals surface area contributed by atoms with Crippen molar-refractivity contribution in [3.63, 3.8) is 0 Å². The standard InChI is InChI=1S/C16H26N4O2/c1-3-14-10-20(9-12(2)22-14)16-17-7-6-15(19-16)18-13-5-4-8-21-11-13/h6-7,12-14H,3-5,8-11H2,1-2H3,(H,17,18,19)/t12-,13+,14+/m0/s1. The summed E-state index contributed by atoms with van der Waals surface area (Å²) in [5, 5.41) is 3.46. The molecule has 0 radical (unpaired) electrons. The first-order chi connectivity index (χ1) is 10.7. The average Bonchev–Trinajstić information content (AvgIpc) is 2.55. The second kappa shape index (κ2) is 7.24. The van der Waals surface area contributed by atoms with Gasteiger partial charge in [0.15, 0.2) is 0 Å². The van der Waals surface area contributed by atoms with E-state index in [1.165, 1.54) is 0 Å². The molecule has 1 N–H and O–H groups in total. The van der Waals surface area contributed by atoms with Crippen LogP contribution in [0.15, 0.2) is 12.3 Å². The van der Waals surface area contributed by atoms with Crippen LogP contribution in [0.3, 0.4) is 0 Å². The zero-order valence-corrected chi connectivity index (χ0v) is 13.5. The highest BCUT2D eigenvalue weighted by Gasteiger charge is 2.26. The molecule has 0 amide bonds. The Hall–Kier alpha value is -1.40. The van der Waals surface area contributed by atoms with Crippen LogP contribution >= 0.6 is 0 Å². The second-order valence-corrected chi connectivity index (χ2v) is 6.18. The topological polar surface area (TPSA) is 59.5 Å². The van der Waals surface area contributed by atoms with Crippen molar-refractivity contribution in [3.8, 4) is 0 Å². The number of rotatable bonds is 4.